The number of carbonyl (C=O) groups is 2. The Labute approximate surface area is 126 Å². The molecule has 1 fully saturated rings. The summed E-state index contributed by atoms with van der Waals surface area (Å²) in [5, 5.41) is 2.70. The summed E-state index contributed by atoms with van der Waals surface area (Å²) in [6.07, 6.45) is 0. The van der Waals surface area contributed by atoms with E-state index in [1.54, 1.807) is 4.90 Å². The van der Waals surface area contributed by atoms with E-state index in [1.807, 2.05) is 30.3 Å². The molecular formula is C17H24N2O2. The zero-order valence-corrected chi connectivity index (χ0v) is 13.2. The molecular weight excluding hydrogens is 264 g/mol. The van der Waals surface area contributed by atoms with E-state index in [1.165, 1.54) is 0 Å². The van der Waals surface area contributed by atoms with Crippen LogP contribution in [0, 0.1) is 11.3 Å². The molecule has 1 aliphatic rings. The van der Waals surface area contributed by atoms with Gasteiger partial charge in [0.1, 0.15) is 6.04 Å². The van der Waals surface area contributed by atoms with E-state index in [0.717, 1.165) is 5.56 Å². The van der Waals surface area contributed by atoms with E-state index in [4.69, 9.17) is 0 Å². The van der Waals surface area contributed by atoms with Gasteiger partial charge in [0.25, 0.3) is 0 Å². The molecule has 1 aromatic carbocycles. The molecule has 1 atom stereocenters. The van der Waals surface area contributed by atoms with Gasteiger partial charge in [-0.15, -0.1) is 0 Å². The van der Waals surface area contributed by atoms with Crippen LogP contribution < -0.4 is 5.32 Å². The minimum atomic E-state index is -0.523. The summed E-state index contributed by atoms with van der Waals surface area (Å²) in [5.41, 5.74) is 0.822. The molecule has 4 heteroatoms. The molecule has 2 amide bonds. The van der Waals surface area contributed by atoms with Crippen LogP contribution in [0.3, 0.4) is 0 Å². The van der Waals surface area contributed by atoms with Gasteiger partial charge in [0.05, 0.1) is 6.54 Å². The number of nitrogens with one attached hydrogen (secondary N) is 1. The Kier molecular flexibility index (Phi) is 4.35. The lowest BCUT2D eigenvalue weighted by Gasteiger charge is -2.41. The Bertz CT molecular complexity index is 523. The van der Waals surface area contributed by atoms with Gasteiger partial charge in [0.2, 0.25) is 11.8 Å². The molecule has 0 radical (unpaired) electrons. The fourth-order valence-corrected chi connectivity index (χ4v) is 2.41. The Hall–Kier alpha value is -1.84. The van der Waals surface area contributed by atoms with Gasteiger partial charge in [-0.1, -0.05) is 58.0 Å². The standard InChI is InChI=1S/C17H24N2O2/c1-12(2)17(3,4)11-19-14(20)10-18-16(21)15(19)13-8-6-5-7-9-13/h5-9,12,15H,10-11H2,1-4H3,(H,18,21). The highest BCUT2D eigenvalue weighted by Gasteiger charge is 2.39. The van der Waals surface area contributed by atoms with E-state index in [2.05, 4.69) is 33.0 Å². The van der Waals surface area contributed by atoms with Crippen LogP contribution in [0.1, 0.15) is 39.3 Å². The van der Waals surface area contributed by atoms with Crippen molar-refractivity contribution in [2.45, 2.75) is 33.7 Å². The van der Waals surface area contributed by atoms with Crippen molar-refractivity contribution in [1.29, 1.82) is 0 Å². The second kappa shape index (κ2) is 5.88. The maximum absolute atomic E-state index is 12.3. The summed E-state index contributed by atoms with van der Waals surface area (Å²) < 4.78 is 0. The second-order valence-corrected chi connectivity index (χ2v) is 6.70. The van der Waals surface area contributed by atoms with E-state index in [0.29, 0.717) is 12.5 Å². The summed E-state index contributed by atoms with van der Waals surface area (Å²) in [6.45, 7) is 9.24. The number of carbonyl (C=O) groups excluding carboxylic acids is 2. The van der Waals surface area contributed by atoms with Crippen molar-refractivity contribution in [2.24, 2.45) is 11.3 Å². The maximum Gasteiger partial charge on any atom is 0.247 e. The van der Waals surface area contributed by atoms with Gasteiger partial charge >= 0.3 is 0 Å². The first kappa shape index (κ1) is 15.5. The third-order valence-corrected chi connectivity index (χ3v) is 4.55. The lowest BCUT2D eigenvalue weighted by atomic mass is 9.80. The highest BCUT2D eigenvalue weighted by Crippen LogP contribution is 2.32. The average molecular weight is 288 g/mol. The van der Waals surface area contributed by atoms with E-state index >= 15 is 0 Å². The number of hydrogen-bond acceptors (Lipinski definition) is 2. The molecule has 2 rings (SSSR count). The summed E-state index contributed by atoms with van der Waals surface area (Å²) in [7, 11) is 0. The van der Waals surface area contributed by atoms with Crippen molar-refractivity contribution in [3.63, 3.8) is 0 Å². The molecule has 0 saturated carbocycles. The molecule has 0 spiro atoms. The molecule has 1 aliphatic heterocycles. The van der Waals surface area contributed by atoms with Crippen LogP contribution in [-0.4, -0.2) is 29.8 Å². The first-order chi connectivity index (χ1) is 9.83. The zero-order chi connectivity index (χ0) is 15.6. The Morgan fingerprint density at radius 1 is 1.24 bits per heavy atom. The molecule has 0 aromatic heterocycles. The average Bonchev–Trinajstić information content (AvgIpc) is 2.43. The molecule has 0 bridgehead atoms. The normalized spacial score (nSPS) is 19.9. The minimum absolute atomic E-state index is 0.0165. The largest absolute Gasteiger partial charge is 0.345 e. The summed E-state index contributed by atoms with van der Waals surface area (Å²) in [5.74, 6) is 0.309. The predicted molar refractivity (Wildman–Crippen MR) is 82.5 cm³/mol. The molecule has 21 heavy (non-hydrogen) atoms. The second-order valence-electron chi connectivity index (χ2n) is 6.70. The number of benzene rings is 1. The van der Waals surface area contributed by atoms with Crippen LogP contribution in [0.5, 0.6) is 0 Å². The van der Waals surface area contributed by atoms with Gasteiger partial charge < -0.3 is 10.2 Å². The molecule has 1 saturated heterocycles. The number of nitrogens with zero attached hydrogens (tertiary/aromatic N) is 1. The van der Waals surface area contributed by atoms with E-state index in [-0.39, 0.29) is 23.8 Å². The molecule has 1 unspecified atom stereocenters. The fraction of sp³-hybridized carbons (Fsp3) is 0.529. The Morgan fingerprint density at radius 2 is 1.86 bits per heavy atom. The van der Waals surface area contributed by atoms with Crippen LogP contribution in [0.4, 0.5) is 0 Å². The van der Waals surface area contributed by atoms with Gasteiger partial charge in [0, 0.05) is 6.54 Å². The number of piperazine rings is 1. The SMILES string of the molecule is CC(C)C(C)(C)CN1C(=O)CNC(=O)C1c1ccccc1. The highest BCUT2D eigenvalue weighted by molar-refractivity contribution is 5.95. The molecule has 1 N–H and O–H groups in total. The van der Waals surface area contributed by atoms with Gasteiger partial charge in [-0.2, -0.15) is 0 Å². The van der Waals surface area contributed by atoms with Crippen LogP contribution in [0.15, 0.2) is 30.3 Å². The van der Waals surface area contributed by atoms with Crippen molar-refractivity contribution in [2.75, 3.05) is 13.1 Å². The molecule has 114 valence electrons. The van der Waals surface area contributed by atoms with Crippen LogP contribution >= 0.6 is 0 Å². The van der Waals surface area contributed by atoms with Gasteiger partial charge in [-0.25, -0.2) is 0 Å². The zero-order valence-electron chi connectivity index (χ0n) is 13.2. The van der Waals surface area contributed by atoms with Crippen LogP contribution in [0.25, 0.3) is 0 Å². The van der Waals surface area contributed by atoms with Crippen molar-refractivity contribution < 1.29 is 9.59 Å². The van der Waals surface area contributed by atoms with Gasteiger partial charge in [-0.3, -0.25) is 9.59 Å². The monoisotopic (exact) mass is 288 g/mol. The van der Waals surface area contributed by atoms with Crippen molar-refractivity contribution in [1.82, 2.24) is 10.2 Å². The lowest BCUT2D eigenvalue weighted by molar-refractivity contribution is -0.148. The maximum atomic E-state index is 12.3. The van der Waals surface area contributed by atoms with Gasteiger partial charge in [0.15, 0.2) is 0 Å². The molecule has 4 nitrogen and oxygen atoms in total. The predicted octanol–water partition coefficient (Wildman–Crippen LogP) is 2.37. The lowest BCUT2D eigenvalue weighted by Crippen LogP contribution is -2.56. The summed E-state index contributed by atoms with van der Waals surface area (Å²) in [6, 6.07) is 8.98. The number of amides is 2. The van der Waals surface area contributed by atoms with Crippen molar-refractivity contribution in [3.8, 4) is 0 Å². The van der Waals surface area contributed by atoms with Gasteiger partial charge in [-0.05, 0) is 16.9 Å². The third kappa shape index (κ3) is 3.26. The van der Waals surface area contributed by atoms with Crippen molar-refractivity contribution >= 4 is 11.8 Å². The number of hydrogen-bond donors (Lipinski definition) is 1. The minimum Gasteiger partial charge on any atom is -0.345 e. The highest BCUT2D eigenvalue weighted by atomic mass is 16.2. The third-order valence-electron chi connectivity index (χ3n) is 4.55. The van der Waals surface area contributed by atoms with Crippen molar-refractivity contribution in [3.05, 3.63) is 35.9 Å². The summed E-state index contributed by atoms with van der Waals surface area (Å²) in [4.78, 5) is 26.4. The first-order valence-corrected chi connectivity index (χ1v) is 7.45. The number of rotatable bonds is 4. The molecule has 1 heterocycles. The molecule has 0 aliphatic carbocycles. The fourth-order valence-electron chi connectivity index (χ4n) is 2.41. The molecule has 1 aromatic rings. The van der Waals surface area contributed by atoms with Crippen LogP contribution in [0.2, 0.25) is 0 Å². The quantitative estimate of drug-likeness (QED) is 0.924. The summed E-state index contributed by atoms with van der Waals surface area (Å²) >= 11 is 0. The Morgan fingerprint density at radius 3 is 2.43 bits per heavy atom. The van der Waals surface area contributed by atoms with Crippen LogP contribution in [-0.2, 0) is 9.59 Å². The topological polar surface area (TPSA) is 49.4 Å². The van der Waals surface area contributed by atoms with E-state index < -0.39 is 6.04 Å². The Balaban J connectivity index is 2.33. The smallest absolute Gasteiger partial charge is 0.247 e. The first-order valence-electron chi connectivity index (χ1n) is 7.45. The van der Waals surface area contributed by atoms with E-state index in [9.17, 15) is 9.59 Å².